The Kier molecular flexibility index (Phi) is 6.01. The summed E-state index contributed by atoms with van der Waals surface area (Å²) in [5.74, 6) is 1.69. The summed E-state index contributed by atoms with van der Waals surface area (Å²) in [6.45, 7) is 3.20. The number of hydrogen-bond acceptors (Lipinski definition) is 7. The van der Waals surface area contributed by atoms with Crippen molar-refractivity contribution in [2.75, 3.05) is 51.2 Å². The molecule has 0 aromatic carbocycles. The zero-order valence-corrected chi connectivity index (χ0v) is 11.8. The first-order valence-electron chi connectivity index (χ1n) is 5.93. The fourth-order valence-corrected chi connectivity index (χ4v) is 1.46. The standard InChI is InChI=1S/C12H20N4O3/c1-9-14-10(13-5-6-18-3)7-11(15-9)16(2)8-12(17)19-4/h7H,5-6,8H2,1-4H3,(H,13,14,15). The second kappa shape index (κ2) is 7.52. The molecule has 0 bridgehead atoms. The Labute approximate surface area is 112 Å². The number of aromatic nitrogens is 2. The molecule has 106 valence electrons. The van der Waals surface area contributed by atoms with Crippen LogP contribution in [0.3, 0.4) is 0 Å². The average molecular weight is 268 g/mol. The second-order valence-electron chi connectivity index (χ2n) is 4.01. The maximum absolute atomic E-state index is 11.2. The van der Waals surface area contributed by atoms with Crippen LogP contribution in [-0.4, -0.2) is 56.9 Å². The van der Waals surface area contributed by atoms with Gasteiger partial charge in [-0.2, -0.15) is 0 Å². The Bertz CT molecular complexity index is 425. The van der Waals surface area contributed by atoms with Gasteiger partial charge in [-0.15, -0.1) is 0 Å². The number of carbonyl (C=O) groups excluding carboxylic acids is 1. The molecule has 0 spiro atoms. The topological polar surface area (TPSA) is 76.6 Å². The van der Waals surface area contributed by atoms with Gasteiger partial charge in [-0.1, -0.05) is 0 Å². The number of esters is 1. The van der Waals surface area contributed by atoms with Crippen LogP contribution >= 0.6 is 0 Å². The van der Waals surface area contributed by atoms with E-state index in [2.05, 4.69) is 20.0 Å². The minimum atomic E-state index is -0.312. The molecule has 1 heterocycles. The van der Waals surface area contributed by atoms with Crippen LogP contribution in [0.25, 0.3) is 0 Å². The quantitative estimate of drug-likeness (QED) is 0.568. The predicted octanol–water partition coefficient (Wildman–Crippen LogP) is 0.453. The minimum Gasteiger partial charge on any atom is -0.468 e. The number of likely N-dealkylation sites (N-methyl/N-ethyl adjacent to an activating group) is 1. The van der Waals surface area contributed by atoms with Gasteiger partial charge in [-0.25, -0.2) is 9.97 Å². The van der Waals surface area contributed by atoms with Gasteiger partial charge < -0.3 is 19.7 Å². The highest BCUT2D eigenvalue weighted by Crippen LogP contribution is 2.14. The van der Waals surface area contributed by atoms with Crippen molar-refractivity contribution < 1.29 is 14.3 Å². The molecule has 0 fully saturated rings. The number of aryl methyl sites for hydroxylation is 1. The van der Waals surface area contributed by atoms with Gasteiger partial charge in [0.1, 0.15) is 24.0 Å². The van der Waals surface area contributed by atoms with E-state index in [9.17, 15) is 4.79 Å². The molecule has 1 aromatic heterocycles. The van der Waals surface area contributed by atoms with Gasteiger partial charge in [-0.05, 0) is 6.92 Å². The molecule has 19 heavy (non-hydrogen) atoms. The summed E-state index contributed by atoms with van der Waals surface area (Å²) in [6, 6.07) is 1.78. The van der Waals surface area contributed by atoms with Crippen LogP contribution in [0, 0.1) is 6.92 Å². The van der Waals surface area contributed by atoms with Gasteiger partial charge >= 0.3 is 5.97 Å². The van der Waals surface area contributed by atoms with E-state index in [-0.39, 0.29) is 12.5 Å². The molecule has 1 rings (SSSR count). The van der Waals surface area contributed by atoms with Crippen LogP contribution in [0.5, 0.6) is 0 Å². The molecule has 0 amide bonds. The molecular weight excluding hydrogens is 248 g/mol. The Hall–Kier alpha value is -1.89. The number of nitrogens with one attached hydrogen (secondary N) is 1. The average Bonchev–Trinajstić information content (AvgIpc) is 2.38. The summed E-state index contributed by atoms with van der Waals surface area (Å²) in [7, 11) is 4.78. The second-order valence-corrected chi connectivity index (χ2v) is 4.01. The first-order valence-corrected chi connectivity index (χ1v) is 5.93. The lowest BCUT2D eigenvalue weighted by molar-refractivity contribution is -0.138. The molecule has 0 aliphatic heterocycles. The van der Waals surface area contributed by atoms with E-state index in [1.807, 2.05) is 0 Å². The third-order valence-corrected chi connectivity index (χ3v) is 2.42. The first kappa shape index (κ1) is 15.2. The van der Waals surface area contributed by atoms with E-state index >= 15 is 0 Å². The summed E-state index contributed by atoms with van der Waals surface area (Å²) < 4.78 is 9.59. The van der Waals surface area contributed by atoms with E-state index in [1.54, 1.807) is 32.0 Å². The molecule has 0 atom stereocenters. The van der Waals surface area contributed by atoms with E-state index in [0.717, 1.165) is 0 Å². The zero-order chi connectivity index (χ0) is 14.3. The highest BCUT2D eigenvalue weighted by molar-refractivity contribution is 5.75. The highest BCUT2D eigenvalue weighted by atomic mass is 16.5. The lowest BCUT2D eigenvalue weighted by Crippen LogP contribution is -2.27. The third kappa shape index (κ3) is 5.09. The molecule has 7 heteroatoms. The number of rotatable bonds is 7. The summed E-state index contributed by atoms with van der Waals surface area (Å²) in [4.78, 5) is 21.5. The third-order valence-electron chi connectivity index (χ3n) is 2.42. The summed E-state index contributed by atoms with van der Waals surface area (Å²) >= 11 is 0. The summed E-state index contributed by atoms with van der Waals surface area (Å²) in [6.07, 6.45) is 0. The lowest BCUT2D eigenvalue weighted by atomic mass is 10.4. The number of ether oxygens (including phenoxy) is 2. The van der Waals surface area contributed by atoms with Crippen molar-refractivity contribution in [1.82, 2.24) is 9.97 Å². The number of nitrogens with zero attached hydrogens (tertiary/aromatic N) is 3. The molecule has 0 aliphatic carbocycles. The first-order chi connectivity index (χ1) is 9.06. The number of methoxy groups -OCH3 is 2. The largest absolute Gasteiger partial charge is 0.468 e. The van der Waals surface area contributed by atoms with Crippen LogP contribution in [0.15, 0.2) is 6.07 Å². The van der Waals surface area contributed by atoms with Crippen LogP contribution in [0.2, 0.25) is 0 Å². The number of carbonyl (C=O) groups is 1. The normalized spacial score (nSPS) is 10.1. The molecule has 0 saturated heterocycles. The van der Waals surface area contributed by atoms with Gasteiger partial charge in [0.25, 0.3) is 0 Å². The van der Waals surface area contributed by atoms with Crippen molar-refractivity contribution in [2.24, 2.45) is 0 Å². The lowest BCUT2D eigenvalue weighted by Gasteiger charge is -2.18. The van der Waals surface area contributed by atoms with Crippen molar-refractivity contribution in [3.05, 3.63) is 11.9 Å². The Morgan fingerprint density at radius 2 is 2.16 bits per heavy atom. The van der Waals surface area contributed by atoms with Crippen molar-refractivity contribution in [3.8, 4) is 0 Å². The van der Waals surface area contributed by atoms with Gasteiger partial charge in [0, 0.05) is 26.8 Å². The molecule has 0 aliphatic rings. The fraction of sp³-hybridized carbons (Fsp3) is 0.583. The monoisotopic (exact) mass is 268 g/mol. The highest BCUT2D eigenvalue weighted by Gasteiger charge is 2.10. The molecule has 0 radical (unpaired) electrons. The molecule has 1 aromatic rings. The Balaban J connectivity index is 2.74. The van der Waals surface area contributed by atoms with E-state index in [0.29, 0.717) is 30.6 Å². The molecule has 0 saturated carbocycles. The Morgan fingerprint density at radius 1 is 1.42 bits per heavy atom. The van der Waals surface area contributed by atoms with Crippen LogP contribution in [-0.2, 0) is 14.3 Å². The number of anilines is 2. The number of hydrogen-bond donors (Lipinski definition) is 1. The smallest absolute Gasteiger partial charge is 0.325 e. The summed E-state index contributed by atoms with van der Waals surface area (Å²) in [5, 5.41) is 3.13. The molecular formula is C12H20N4O3. The maximum atomic E-state index is 11.2. The van der Waals surface area contributed by atoms with Crippen LogP contribution in [0.4, 0.5) is 11.6 Å². The van der Waals surface area contributed by atoms with E-state index in [4.69, 9.17) is 4.74 Å². The van der Waals surface area contributed by atoms with Gasteiger partial charge in [0.2, 0.25) is 0 Å². The maximum Gasteiger partial charge on any atom is 0.325 e. The molecule has 1 N–H and O–H groups in total. The van der Waals surface area contributed by atoms with Crippen molar-refractivity contribution >= 4 is 17.6 Å². The van der Waals surface area contributed by atoms with Crippen molar-refractivity contribution in [2.45, 2.75) is 6.92 Å². The van der Waals surface area contributed by atoms with Crippen LogP contribution < -0.4 is 10.2 Å². The van der Waals surface area contributed by atoms with Crippen molar-refractivity contribution in [1.29, 1.82) is 0 Å². The minimum absolute atomic E-state index is 0.143. The fourth-order valence-electron chi connectivity index (χ4n) is 1.46. The van der Waals surface area contributed by atoms with Gasteiger partial charge in [0.05, 0.1) is 13.7 Å². The molecule has 0 unspecified atom stereocenters. The van der Waals surface area contributed by atoms with Crippen LogP contribution in [0.1, 0.15) is 5.82 Å². The summed E-state index contributed by atoms with van der Waals surface area (Å²) in [5.41, 5.74) is 0. The molecule has 7 nitrogen and oxygen atoms in total. The predicted molar refractivity (Wildman–Crippen MR) is 72.4 cm³/mol. The van der Waals surface area contributed by atoms with Crippen molar-refractivity contribution in [3.63, 3.8) is 0 Å². The SMILES string of the molecule is COCCNc1cc(N(C)CC(=O)OC)nc(C)n1. The van der Waals surface area contributed by atoms with Gasteiger partial charge in [-0.3, -0.25) is 4.79 Å². The van der Waals surface area contributed by atoms with E-state index < -0.39 is 0 Å². The zero-order valence-electron chi connectivity index (χ0n) is 11.8. The van der Waals surface area contributed by atoms with E-state index in [1.165, 1.54) is 7.11 Å². The van der Waals surface area contributed by atoms with Gasteiger partial charge in [0.15, 0.2) is 0 Å². The Morgan fingerprint density at radius 3 is 2.79 bits per heavy atom.